The van der Waals surface area contributed by atoms with Crippen LogP contribution in [0.1, 0.15) is 13.3 Å². The van der Waals surface area contributed by atoms with Crippen LogP contribution in [0, 0.1) is 11.7 Å². The molecule has 0 spiro atoms. The lowest BCUT2D eigenvalue weighted by Crippen LogP contribution is -2.38. The Hall–Kier alpha value is -1.95. The van der Waals surface area contributed by atoms with E-state index in [1.54, 1.807) is 24.1 Å². The van der Waals surface area contributed by atoms with E-state index in [0.29, 0.717) is 13.2 Å². The van der Waals surface area contributed by atoms with Crippen LogP contribution in [-0.4, -0.2) is 43.0 Å². The molecule has 21 heavy (non-hydrogen) atoms. The number of hydrogen-bond acceptors (Lipinski definition) is 3. The molecule has 1 aromatic carbocycles. The highest BCUT2D eigenvalue weighted by atomic mass is 19.1. The van der Waals surface area contributed by atoms with Gasteiger partial charge in [-0.25, -0.2) is 4.39 Å². The summed E-state index contributed by atoms with van der Waals surface area (Å²) >= 11 is 0. The van der Waals surface area contributed by atoms with Gasteiger partial charge in [0.25, 0.3) is 0 Å². The van der Waals surface area contributed by atoms with Crippen molar-refractivity contribution in [3.63, 3.8) is 0 Å². The predicted molar refractivity (Wildman–Crippen MR) is 76.2 cm³/mol. The van der Waals surface area contributed by atoms with Gasteiger partial charge in [0.1, 0.15) is 5.82 Å². The number of ether oxygens (including phenoxy) is 1. The number of nitrogens with zero attached hydrogens (tertiary/aromatic N) is 1. The SMILES string of the molecule is COC[C@H](C)N1C[C@H](C(=O)Nc2ccccc2F)CC1=O. The van der Waals surface area contributed by atoms with Gasteiger partial charge in [-0.3, -0.25) is 9.59 Å². The number of benzene rings is 1. The van der Waals surface area contributed by atoms with E-state index in [9.17, 15) is 14.0 Å². The number of methoxy groups -OCH3 is 1. The van der Waals surface area contributed by atoms with Crippen molar-refractivity contribution in [3.05, 3.63) is 30.1 Å². The first-order chi connectivity index (χ1) is 10.0. The molecule has 0 aliphatic carbocycles. The van der Waals surface area contributed by atoms with Crippen molar-refractivity contribution in [2.45, 2.75) is 19.4 Å². The van der Waals surface area contributed by atoms with E-state index in [2.05, 4.69) is 5.32 Å². The number of carbonyl (C=O) groups excluding carboxylic acids is 2. The quantitative estimate of drug-likeness (QED) is 0.898. The Balaban J connectivity index is 1.99. The van der Waals surface area contributed by atoms with Gasteiger partial charge in [-0.2, -0.15) is 0 Å². The summed E-state index contributed by atoms with van der Waals surface area (Å²) in [6.07, 6.45) is 0.147. The smallest absolute Gasteiger partial charge is 0.229 e. The number of nitrogens with one attached hydrogen (secondary N) is 1. The summed E-state index contributed by atoms with van der Waals surface area (Å²) in [5, 5.41) is 2.54. The summed E-state index contributed by atoms with van der Waals surface area (Å²) in [6, 6.07) is 5.90. The van der Waals surface area contributed by atoms with Gasteiger partial charge in [-0.05, 0) is 19.1 Å². The topological polar surface area (TPSA) is 58.6 Å². The second-order valence-electron chi connectivity index (χ2n) is 5.22. The van der Waals surface area contributed by atoms with E-state index in [0.717, 1.165) is 0 Å². The monoisotopic (exact) mass is 294 g/mol. The van der Waals surface area contributed by atoms with Crippen molar-refractivity contribution in [2.24, 2.45) is 5.92 Å². The lowest BCUT2D eigenvalue weighted by molar-refractivity contribution is -0.130. The highest BCUT2D eigenvalue weighted by molar-refractivity contribution is 5.97. The third-order valence-electron chi connectivity index (χ3n) is 3.60. The van der Waals surface area contributed by atoms with Gasteiger partial charge >= 0.3 is 0 Å². The number of halogens is 1. The van der Waals surface area contributed by atoms with Crippen molar-refractivity contribution in [2.75, 3.05) is 25.6 Å². The molecule has 6 heteroatoms. The highest BCUT2D eigenvalue weighted by Crippen LogP contribution is 2.22. The fraction of sp³-hybridized carbons (Fsp3) is 0.467. The molecule has 0 aromatic heterocycles. The molecular formula is C15H19FN2O3. The Bertz CT molecular complexity index is 535. The Labute approximate surface area is 123 Å². The zero-order chi connectivity index (χ0) is 15.4. The van der Waals surface area contributed by atoms with Crippen LogP contribution >= 0.6 is 0 Å². The third kappa shape index (κ3) is 3.58. The second-order valence-corrected chi connectivity index (χ2v) is 5.22. The molecule has 1 fully saturated rings. The van der Waals surface area contributed by atoms with Crippen molar-refractivity contribution in [1.29, 1.82) is 0 Å². The van der Waals surface area contributed by atoms with Gasteiger partial charge in [0.05, 0.1) is 24.3 Å². The molecule has 0 radical (unpaired) electrons. The Kier molecular flexibility index (Phi) is 4.90. The summed E-state index contributed by atoms with van der Waals surface area (Å²) in [4.78, 5) is 25.7. The molecule has 2 amide bonds. The fourth-order valence-electron chi connectivity index (χ4n) is 2.46. The largest absolute Gasteiger partial charge is 0.383 e. The normalized spacial score (nSPS) is 19.7. The van der Waals surface area contributed by atoms with Crippen LogP contribution in [0.2, 0.25) is 0 Å². The third-order valence-corrected chi connectivity index (χ3v) is 3.60. The number of carbonyl (C=O) groups is 2. The van der Waals surface area contributed by atoms with Crippen LogP contribution in [0.5, 0.6) is 0 Å². The first kappa shape index (κ1) is 15.4. The van der Waals surface area contributed by atoms with Gasteiger partial charge in [0.15, 0.2) is 0 Å². The molecule has 1 N–H and O–H groups in total. The molecule has 1 aromatic rings. The van der Waals surface area contributed by atoms with E-state index in [-0.39, 0.29) is 30.0 Å². The van der Waals surface area contributed by atoms with Crippen LogP contribution in [0.25, 0.3) is 0 Å². The van der Waals surface area contributed by atoms with E-state index in [1.807, 2.05) is 6.92 Å². The van der Waals surface area contributed by atoms with E-state index in [4.69, 9.17) is 4.74 Å². The summed E-state index contributed by atoms with van der Waals surface area (Å²) in [5.41, 5.74) is 0.137. The van der Waals surface area contributed by atoms with Gasteiger partial charge in [0.2, 0.25) is 11.8 Å². The first-order valence-electron chi connectivity index (χ1n) is 6.86. The van der Waals surface area contributed by atoms with Crippen LogP contribution < -0.4 is 5.32 Å². The zero-order valence-corrected chi connectivity index (χ0v) is 12.1. The molecule has 1 saturated heterocycles. The standard InChI is InChI=1S/C15H19FN2O3/c1-10(9-21-2)18-8-11(7-14(18)19)15(20)17-13-6-4-3-5-12(13)16/h3-6,10-11H,7-9H2,1-2H3,(H,17,20)/t10-,11+/m0/s1. The Morgan fingerprint density at radius 1 is 1.52 bits per heavy atom. The number of anilines is 1. The summed E-state index contributed by atoms with van der Waals surface area (Å²) in [7, 11) is 1.57. The number of rotatable bonds is 5. The number of hydrogen-bond donors (Lipinski definition) is 1. The van der Waals surface area contributed by atoms with Gasteiger partial charge in [0, 0.05) is 20.1 Å². The van der Waals surface area contributed by atoms with Crippen LogP contribution in [-0.2, 0) is 14.3 Å². The molecular weight excluding hydrogens is 275 g/mol. The molecule has 1 aliphatic heterocycles. The Morgan fingerprint density at radius 2 is 2.24 bits per heavy atom. The predicted octanol–water partition coefficient (Wildman–Crippen LogP) is 1.65. The molecule has 114 valence electrons. The maximum atomic E-state index is 13.5. The summed E-state index contributed by atoms with van der Waals surface area (Å²) in [5.74, 6) is -1.36. The minimum absolute atomic E-state index is 0.0752. The lowest BCUT2D eigenvalue weighted by Gasteiger charge is -2.23. The molecule has 2 rings (SSSR count). The van der Waals surface area contributed by atoms with E-state index < -0.39 is 11.7 Å². The van der Waals surface area contributed by atoms with Crippen LogP contribution in [0.4, 0.5) is 10.1 Å². The second kappa shape index (κ2) is 6.67. The highest BCUT2D eigenvalue weighted by Gasteiger charge is 2.36. The van der Waals surface area contributed by atoms with E-state index in [1.165, 1.54) is 12.1 Å². The van der Waals surface area contributed by atoms with Gasteiger partial charge < -0.3 is 15.0 Å². The van der Waals surface area contributed by atoms with Crippen molar-refractivity contribution < 1.29 is 18.7 Å². The minimum Gasteiger partial charge on any atom is -0.383 e. The molecule has 2 atom stereocenters. The average Bonchev–Trinajstić information content (AvgIpc) is 2.84. The first-order valence-corrected chi connectivity index (χ1v) is 6.86. The van der Waals surface area contributed by atoms with Crippen LogP contribution in [0.3, 0.4) is 0 Å². The lowest BCUT2D eigenvalue weighted by atomic mass is 10.1. The summed E-state index contributed by atoms with van der Waals surface area (Å²) in [6.45, 7) is 2.63. The maximum absolute atomic E-state index is 13.5. The maximum Gasteiger partial charge on any atom is 0.229 e. The molecule has 1 heterocycles. The van der Waals surface area contributed by atoms with Crippen molar-refractivity contribution in [3.8, 4) is 0 Å². The molecule has 1 aliphatic rings. The molecule has 0 saturated carbocycles. The fourth-order valence-corrected chi connectivity index (χ4v) is 2.46. The van der Waals surface area contributed by atoms with Crippen molar-refractivity contribution >= 4 is 17.5 Å². The molecule has 0 bridgehead atoms. The van der Waals surface area contributed by atoms with E-state index >= 15 is 0 Å². The molecule has 5 nitrogen and oxygen atoms in total. The van der Waals surface area contributed by atoms with Gasteiger partial charge in [-0.15, -0.1) is 0 Å². The van der Waals surface area contributed by atoms with Gasteiger partial charge in [-0.1, -0.05) is 12.1 Å². The zero-order valence-electron chi connectivity index (χ0n) is 12.1. The number of likely N-dealkylation sites (tertiary alicyclic amines) is 1. The minimum atomic E-state index is -0.486. The summed E-state index contributed by atoms with van der Waals surface area (Å²) < 4.78 is 18.5. The van der Waals surface area contributed by atoms with Crippen molar-refractivity contribution in [1.82, 2.24) is 4.90 Å². The van der Waals surface area contributed by atoms with Crippen LogP contribution in [0.15, 0.2) is 24.3 Å². The Morgan fingerprint density at radius 3 is 2.90 bits per heavy atom. The molecule has 0 unspecified atom stereocenters. The average molecular weight is 294 g/mol. The number of para-hydroxylation sites is 1. The number of amides is 2.